The fourth-order valence-electron chi connectivity index (χ4n) is 2.52. The minimum Gasteiger partial charge on any atom is -0.493 e. The van der Waals surface area contributed by atoms with Crippen LogP contribution in [0.2, 0.25) is 0 Å². The van der Waals surface area contributed by atoms with Crippen LogP contribution < -0.4 is 14.8 Å². The first-order valence-electron chi connectivity index (χ1n) is 8.67. The SMILES string of the molecule is COCCOc1ccc([C@@H](C)NC(=O)c2ccc(S(C)(=O)=O)cc2)cc1OC. The van der Waals surface area contributed by atoms with Crippen LogP contribution in [0, 0.1) is 0 Å². The average molecular weight is 407 g/mol. The van der Waals surface area contributed by atoms with Crippen molar-refractivity contribution in [3.05, 3.63) is 53.6 Å². The number of hydrogen-bond acceptors (Lipinski definition) is 6. The van der Waals surface area contributed by atoms with Gasteiger partial charge in [0.1, 0.15) is 6.61 Å². The fraction of sp³-hybridized carbons (Fsp3) is 0.350. The van der Waals surface area contributed by atoms with Gasteiger partial charge in [-0.15, -0.1) is 0 Å². The lowest BCUT2D eigenvalue weighted by Gasteiger charge is -2.17. The molecule has 0 saturated carbocycles. The van der Waals surface area contributed by atoms with Gasteiger partial charge >= 0.3 is 0 Å². The minimum atomic E-state index is -3.30. The van der Waals surface area contributed by atoms with Gasteiger partial charge in [0.2, 0.25) is 0 Å². The van der Waals surface area contributed by atoms with E-state index >= 15 is 0 Å². The third kappa shape index (κ3) is 5.71. The van der Waals surface area contributed by atoms with Crippen molar-refractivity contribution in [2.45, 2.75) is 17.9 Å². The molecule has 0 aliphatic heterocycles. The summed E-state index contributed by atoms with van der Waals surface area (Å²) in [5, 5.41) is 2.89. The third-order valence-electron chi connectivity index (χ3n) is 4.12. The lowest BCUT2D eigenvalue weighted by atomic mass is 10.1. The van der Waals surface area contributed by atoms with Gasteiger partial charge in [0.15, 0.2) is 21.3 Å². The van der Waals surface area contributed by atoms with E-state index in [1.165, 1.54) is 24.3 Å². The van der Waals surface area contributed by atoms with E-state index in [1.54, 1.807) is 26.4 Å². The molecule has 2 aromatic carbocycles. The Morgan fingerprint density at radius 1 is 1.04 bits per heavy atom. The quantitative estimate of drug-likeness (QED) is 0.643. The predicted molar refractivity (Wildman–Crippen MR) is 106 cm³/mol. The molecule has 152 valence electrons. The Kier molecular flexibility index (Phi) is 7.42. The van der Waals surface area contributed by atoms with Gasteiger partial charge in [-0.3, -0.25) is 4.79 Å². The molecule has 0 unspecified atom stereocenters. The second kappa shape index (κ2) is 9.57. The Labute approximate surface area is 165 Å². The van der Waals surface area contributed by atoms with Crippen molar-refractivity contribution < 1.29 is 27.4 Å². The summed E-state index contributed by atoms with van der Waals surface area (Å²) in [6.45, 7) is 2.72. The van der Waals surface area contributed by atoms with Crippen LogP contribution in [-0.4, -0.2) is 48.0 Å². The Morgan fingerprint density at radius 2 is 1.71 bits per heavy atom. The summed E-state index contributed by atoms with van der Waals surface area (Å²) in [4.78, 5) is 12.6. The van der Waals surface area contributed by atoms with Gasteiger partial charge in [-0.1, -0.05) is 6.07 Å². The largest absolute Gasteiger partial charge is 0.493 e. The van der Waals surface area contributed by atoms with E-state index in [-0.39, 0.29) is 16.8 Å². The molecular weight excluding hydrogens is 382 g/mol. The molecule has 0 saturated heterocycles. The molecule has 1 atom stereocenters. The molecule has 0 aliphatic rings. The molecule has 7 nitrogen and oxygen atoms in total. The van der Waals surface area contributed by atoms with E-state index in [2.05, 4.69) is 5.32 Å². The molecule has 28 heavy (non-hydrogen) atoms. The topological polar surface area (TPSA) is 90.9 Å². The maximum absolute atomic E-state index is 12.5. The molecule has 0 fully saturated rings. The number of ether oxygens (including phenoxy) is 3. The molecule has 1 N–H and O–H groups in total. The zero-order valence-corrected chi connectivity index (χ0v) is 17.2. The summed E-state index contributed by atoms with van der Waals surface area (Å²) >= 11 is 0. The maximum atomic E-state index is 12.5. The maximum Gasteiger partial charge on any atom is 0.251 e. The van der Waals surface area contributed by atoms with Crippen LogP contribution in [0.15, 0.2) is 47.4 Å². The number of methoxy groups -OCH3 is 2. The first kappa shape index (κ1) is 21.7. The van der Waals surface area contributed by atoms with Crippen LogP contribution in [0.25, 0.3) is 0 Å². The molecule has 2 aromatic rings. The number of hydrogen-bond donors (Lipinski definition) is 1. The average Bonchev–Trinajstić information content (AvgIpc) is 2.67. The van der Waals surface area contributed by atoms with Crippen LogP contribution in [0.3, 0.4) is 0 Å². The van der Waals surface area contributed by atoms with Gasteiger partial charge in [-0.05, 0) is 48.9 Å². The highest BCUT2D eigenvalue weighted by molar-refractivity contribution is 7.90. The van der Waals surface area contributed by atoms with Crippen LogP contribution >= 0.6 is 0 Å². The normalized spacial score (nSPS) is 12.3. The summed E-state index contributed by atoms with van der Waals surface area (Å²) < 4.78 is 39.0. The summed E-state index contributed by atoms with van der Waals surface area (Å²) in [5.74, 6) is 0.859. The van der Waals surface area contributed by atoms with Gasteiger partial charge in [0.25, 0.3) is 5.91 Å². The Balaban J connectivity index is 2.09. The van der Waals surface area contributed by atoms with Crippen LogP contribution in [0.1, 0.15) is 28.9 Å². The Bertz CT molecular complexity index is 909. The molecule has 0 aliphatic carbocycles. The van der Waals surface area contributed by atoms with Crippen molar-refractivity contribution in [2.75, 3.05) is 33.7 Å². The first-order chi connectivity index (χ1) is 13.3. The van der Waals surface area contributed by atoms with Gasteiger partial charge in [-0.2, -0.15) is 0 Å². The van der Waals surface area contributed by atoms with Crippen molar-refractivity contribution >= 4 is 15.7 Å². The molecular formula is C20H25NO6S. The Morgan fingerprint density at radius 3 is 2.29 bits per heavy atom. The molecule has 8 heteroatoms. The molecule has 0 spiro atoms. The number of nitrogens with one attached hydrogen (secondary N) is 1. The van der Waals surface area contributed by atoms with Gasteiger partial charge in [0, 0.05) is 18.9 Å². The summed E-state index contributed by atoms with van der Waals surface area (Å²) in [7, 11) is -0.147. The summed E-state index contributed by atoms with van der Waals surface area (Å²) in [6.07, 6.45) is 1.13. The smallest absolute Gasteiger partial charge is 0.251 e. The van der Waals surface area contributed by atoms with E-state index in [9.17, 15) is 13.2 Å². The molecule has 0 aromatic heterocycles. The second-order valence-electron chi connectivity index (χ2n) is 6.24. The van der Waals surface area contributed by atoms with Crippen LogP contribution in [0.4, 0.5) is 0 Å². The zero-order valence-electron chi connectivity index (χ0n) is 16.4. The summed E-state index contributed by atoms with van der Waals surface area (Å²) in [5.41, 5.74) is 1.22. The monoisotopic (exact) mass is 407 g/mol. The molecule has 1 amide bonds. The van der Waals surface area contributed by atoms with Crippen LogP contribution in [-0.2, 0) is 14.6 Å². The van der Waals surface area contributed by atoms with Crippen molar-refractivity contribution in [2.24, 2.45) is 0 Å². The Hall–Kier alpha value is -2.58. The number of benzene rings is 2. The van der Waals surface area contributed by atoms with E-state index in [1.807, 2.05) is 13.0 Å². The summed E-state index contributed by atoms with van der Waals surface area (Å²) in [6, 6.07) is 11.0. The van der Waals surface area contributed by atoms with Crippen LogP contribution in [0.5, 0.6) is 11.5 Å². The first-order valence-corrected chi connectivity index (χ1v) is 10.6. The third-order valence-corrected chi connectivity index (χ3v) is 5.25. The van der Waals surface area contributed by atoms with Gasteiger partial charge < -0.3 is 19.5 Å². The van der Waals surface area contributed by atoms with Gasteiger partial charge in [-0.25, -0.2) is 8.42 Å². The molecule has 0 bridgehead atoms. The zero-order chi connectivity index (χ0) is 20.7. The number of rotatable bonds is 9. The molecule has 2 rings (SSSR count). The fourth-order valence-corrected chi connectivity index (χ4v) is 3.15. The predicted octanol–water partition coefficient (Wildman–Crippen LogP) is 2.61. The van der Waals surface area contributed by atoms with E-state index in [0.29, 0.717) is 30.3 Å². The second-order valence-corrected chi connectivity index (χ2v) is 8.26. The minimum absolute atomic E-state index is 0.172. The van der Waals surface area contributed by atoms with Crippen molar-refractivity contribution in [1.29, 1.82) is 0 Å². The van der Waals surface area contributed by atoms with E-state index in [4.69, 9.17) is 14.2 Å². The van der Waals surface area contributed by atoms with Gasteiger partial charge in [0.05, 0.1) is 24.7 Å². The number of carbonyl (C=O) groups excluding carboxylic acids is 1. The highest BCUT2D eigenvalue weighted by Crippen LogP contribution is 2.30. The van der Waals surface area contributed by atoms with Crippen molar-refractivity contribution in [3.63, 3.8) is 0 Å². The number of amides is 1. The van der Waals surface area contributed by atoms with E-state index < -0.39 is 9.84 Å². The van der Waals surface area contributed by atoms with E-state index in [0.717, 1.165) is 11.8 Å². The standard InChI is InChI=1S/C20H25NO6S/c1-14(16-7-10-18(19(13-16)26-3)27-12-11-25-2)21-20(22)15-5-8-17(9-6-15)28(4,23)24/h5-10,13-14H,11-12H2,1-4H3,(H,21,22)/t14-/m1/s1. The number of sulfone groups is 1. The number of carbonyl (C=O) groups is 1. The van der Waals surface area contributed by atoms with Crippen molar-refractivity contribution in [1.82, 2.24) is 5.32 Å². The molecule has 0 radical (unpaired) electrons. The lowest BCUT2D eigenvalue weighted by Crippen LogP contribution is -2.26. The highest BCUT2D eigenvalue weighted by Gasteiger charge is 2.15. The highest BCUT2D eigenvalue weighted by atomic mass is 32.2. The molecule has 0 heterocycles. The lowest BCUT2D eigenvalue weighted by molar-refractivity contribution is 0.0939. The van der Waals surface area contributed by atoms with Crippen molar-refractivity contribution in [3.8, 4) is 11.5 Å².